The summed E-state index contributed by atoms with van der Waals surface area (Å²) in [4.78, 5) is 0. The Kier molecular flexibility index (Phi) is 6.07. The lowest BCUT2D eigenvalue weighted by atomic mass is 9.97. The maximum absolute atomic E-state index is 10.0. The molecule has 3 unspecified atom stereocenters. The first-order chi connectivity index (χ1) is 7.65. The standard InChI is InChI=1S/C14H27NO/c1-4-7-11(2)12(3)15-10-14(16)13-8-5-6-9-13/h4,11-16H,1,5-10H2,2-3H3. The van der Waals surface area contributed by atoms with E-state index in [1.54, 1.807) is 0 Å². The third kappa shape index (κ3) is 4.26. The fourth-order valence-electron chi connectivity index (χ4n) is 2.48. The molecule has 2 N–H and O–H groups in total. The topological polar surface area (TPSA) is 32.3 Å². The van der Waals surface area contributed by atoms with Gasteiger partial charge < -0.3 is 10.4 Å². The van der Waals surface area contributed by atoms with Crippen molar-refractivity contribution in [3.8, 4) is 0 Å². The van der Waals surface area contributed by atoms with Crippen molar-refractivity contribution in [2.45, 2.75) is 58.1 Å². The Balaban J connectivity index is 2.19. The first-order valence-electron chi connectivity index (χ1n) is 6.67. The lowest BCUT2D eigenvalue weighted by Crippen LogP contribution is -2.39. The van der Waals surface area contributed by atoms with Gasteiger partial charge in [-0.15, -0.1) is 6.58 Å². The van der Waals surface area contributed by atoms with Crippen LogP contribution in [-0.4, -0.2) is 23.8 Å². The lowest BCUT2D eigenvalue weighted by molar-refractivity contribution is 0.104. The van der Waals surface area contributed by atoms with Crippen molar-refractivity contribution in [3.63, 3.8) is 0 Å². The summed E-state index contributed by atoms with van der Waals surface area (Å²) in [5, 5.41) is 13.5. The predicted molar refractivity (Wildman–Crippen MR) is 69.4 cm³/mol. The molecule has 0 saturated heterocycles. The number of hydrogen-bond acceptors (Lipinski definition) is 2. The van der Waals surface area contributed by atoms with Crippen LogP contribution in [0.4, 0.5) is 0 Å². The molecule has 0 bridgehead atoms. The highest BCUT2D eigenvalue weighted by Crippen LogP contribution is 2.27. The van der Waals surface area contributed by atoms with E-state index in [-0.39, 0.29) is 6.10 Å². The minimum Gasteiger partial charge on any atom is -0.392 e. The third-order valence-electron chi connectivity index (χ3n) is 3.98. The molecule has 1 rings (SSSR count). The molecule has 0 aromatic carbocycles. The fraction of sp³-hybridized carbons (Fsp3) is 0.857. The molecule has 0 aliphatic heterocycles. The van der Waals surface area contributed by atoms with E-state index in [2.05, 4.69) is 25.7 Å². The van der Waals surface area contributed by atoms with Gasteiger partial charge in [0.15, 0.2) is 0 Å². The Morgan fingerprint density at radius 1 is 1.38 bits per heavy atom. The Bertz CT molecular complexity index is 199. The number of aliphatic hydroxyl groups excluding tert-OH is 1. The monoisotopic (exact) mass is 225 g/mol. The summed E-state index contributed by atoms with van der Waals surface area (Å²) in [5.41, 5.74) is 0. The van der Waals surface area contributed by atoms with Gasteiger partial charge in [0.25, 0.3) is 0 Å². The van der Waals surface area contributed by atoms with Crippen molar-refractivity contribution in [1.82, 2.24) is 5.32 Å². The van der Waals surface area contributed by atoms with E-state index in [9.17, 15) is 5.11 Å². The summed E-state index contributed by atoms with van der Waals surface area (Å²) < 4.78 is 0. The Hall–Kier alpha value is -0.340. The average Bonchev–Trinajstić information content (AvgIpc) is 2.79. The molecule has 1 saturated carbocycles. The zero-order chi connectivity index (χ0) is 12.0. The van der Waals surface area contributed by atoms with Crippen LogP contribution in [0.25, 0.3) is 0 Å². The smallest absolute Gasteiger partial charge is 0.0692 e. The van der Waals surface area contributed by atoms with Crippen molar-refractivity contribution < 1.29 is 5.11 Å². The summed E-state index contributed by atoms with van der Waals surface area (Å²) in [5.74, 6) is 1.13. The van der Waals surface area contributed by atoms with Gasteiger partial charge in [0.05, 0.1) is 6.10 Å². The Morgan fingerprint density at radius 3 is 2.56 bits per heavy atom. The van der Waals surface area contributed by atoms with Crippen LogP contribution in [0.1, 0.15) is 46.0 Å². The van der Waals surface area contributed by atoms with Crippen molar-refractivity contribution in [2.75, 3.05) is 6.54 Å². The largest absolute Gasteiger partial charge is 0.392 e. The zero-order valence-corrected chi connectivity index (χ0v) is 10.8. The minimum absolute atomic E-state index is 0.152. The molecule has 2 heteroatoms. The van der Waals surface area contributed by atoms with Gasteiger partial charge in [0, 0.05) is 12.6 Å². The van der Waals surface area contributed by atoms with Gasteiger partial charge in [-0.25, -0.2) is 0 Å². The van der Waals surface area contributed by atoms with Crippen molar-refractivity contribution in [2.24, 2.45) is 11.8 Å². The van der Waals surface area contributed by atoms with E-state index in [1.807, 2.05) is 6.08 Å². The summed E-state index contributed by atoms with van der Waals surface area (Å²) >= 11 is 0. The number of hydrogen-bond donors (Lipinski definition) is 2. The second-order valence-electron chi connectivity index (χ2n) is 5.31. The number of nitrogens with one attached hydrogen (secondary N) is 1. The molecule has 1 fully saturated rings. The second kappa shape index (κ2) is 7.08. The quantitative estimate of drug-likeness (QED) is 0.653. The minimum atomic E-state index is -0.152. The maximum atomic E-state index is 10.0. The van der Waals surface area contributed by atoms with E-state index in [1.165, 1.54) is 25.7 Å². The Labute approximate surface area is 100 Å². The van der Waals surface area contributed by atoms with Gasteiger partial charge >= 0.3 is 0 Å². The van der Waals surface area contributed by atoms with Crippen LogP contribution in [0.5, 0.6) is 0 Å². The molecule has 94 valence electrons. The van der Waals surface area contributed by atoms with E-state index in [4.69, 9.17) is 0 Å². The first kappa shape index (κ1) is 13.7. The van der Waals surface area contributed by atoms with E-state index >= 15 is 0 Å². The average molecular weight is 225 g/mol. The molecule has 0 spiro atoms. The van der Waals surface area contributed by atoms with E-state index in [0.717, 1.165) is 13.0 Å². The van der Waals surface area contributed by atoms with E-state index in [0.29, 0.717) is 17.9 Å². The first-order valence-corrected chi connectivity index (χ1v) is 6.67. The summed E-state index contributed by atoms with van der Waals surface area (Å²) in [7, 11) is 0. The van der Waals surface area contributed by atoms with Gasteiger partial charge in [-0.05, 0) is 38.0 Å². The van der Waals surface area contributed by atoms with Crippen LogP contribution < -0.4 is 5.32 Å². The Morgan fingerprint density at radius 2 is 2.00 bits per heavy atom. The van der Waals surface area contributed by atoms with Gasteiger partial charge in [-0.2, -0.15) is 0 Å². The van der Waals surface area contributed by atoms with Crippen LogP contribution in [0.2, 0.25) is 0 Å². The highest BCUT2D eigenvalue weighted by atomic mass is 16.3. The van der Waals surface area contributed by atoms with E-state index < -0.39 is 0 Å². The predicted octanol–water partition coefficient (Wildman–Crippen LogP) is 2.73. The number of allylic oxidation sites excluding steroid dienone is 1. The fourth-order valence-corrected chi connectivity index (χ4v) is 2.48. The normalized spacial score (nSPS) is 22.9. The summed E-state index contributed by atoms with van der Waals surface area (Å²) in [6.45, 7) is 8.92. The highest BCUT2D eigenvalue weighted by Gasteiger charge is 2.23. The van der Waals surface area contributed by atoms with Crippen molar-refractivity contribution in [3.05, 3.63) is 12.7 Å². The SMILES string of the molecule is C=CCC(C)C(C)NCC(O)C1CCCC1. The molecule has 16 heavy (non-hydrogen) atoms. The van der Waals surface area contributed by atoms with Gasteiger partial charge in [0.1, 0.15) is 0 Å². The van der Waals surface area contributed by atoms with Crippen molar-refractivity contribution in [1.29, 1.82) is 0 Å². The van der Waals surface area contributed by atoms with Crippen molar-refractivity contribution >= 4 is 0 Å². The van der Waals surface area contributed by atoms with Gasteiger partial charge in [-0.3, -0.25) is 0 Å². The second-order valence-corrected chi connectivity index (χ2v) is 5.31. The molecule has 0 amide bonds. The van der Waals surface area contributed by atoms with Crippen LogP contribution >= 0.6 is 0 Å². The summed E-state index contributed by atoms with van der Waals surface area (Å²) in [6.07, 6.45) is 7.86. The van der Waals surface area contributed by atoms with Gasteiger partial charge in [-0.1, -0.05) is 25.8 Å². The molecule has 2 nitrogen and oxygen atoms in total. The molecule has 0 aromatic heterocycles. The number of aliphatic hydroxyl groups is 1. The lowest BCUT2D eigenvalue weighted by Gasteiger charge is -2.24. The molecule has 0 heterocycles. The molecule has 0 aromatic rings. The maximum Gasteiger partial charge on any atom is 0.0692 e. The molecule has 1 aliphatic carbocycles. The van der Waals surface area contributed by atoms with Crippen LogP contribution in [-0.2, 0) is 0 Å². The number of rotatable bonds is 7. The zero-order valence-electron chi connectivity index (χ0n) is 10.8. The molecular formula is C14H27NO. The third-order valence-corrected chi connectivity index (χ3v) is 3.98. The van der Waals surface area contributed by atoms with Crippen LogP contribution in [0.15, 0.2) is 12.7 Å². The van der Waals surface area contributed by atoms with Crippen LogP contribution in [0, 0.1) is 11.8 Å². The van der Waals surface area contributed by atoms with Crippen LogP contribution in [0.3, 0.4) is 0 Å². The molecule has 3 atom stereocenters. The molecule has 1 aliphatic rings. The highest BCUT2D eigenvalue weighted by molar-refractivity contribution is 4.80. The molecular weight excluding hydrogens is 198 g/mol. The van der Waals surface area contributed by atoms with Gasteiger partial charge in [0.2, 0.25) is 0 Å². The summed E-state index contributed by atoms with van der Waals surface area (Å²) in [6, 6.07) is 0.453. The molecule has 0 radical (unpaired) electrons.